The number of hydrogen-bond acceptors (Lipinski definition) is 4. The van der Waals surface area contributed by atoms with Crippen LogP contribution in [-0.4, -0.2) is 30.7 Å². The number of para-hydroxylation sites is 1. The van der Waals surface area contributed by atoms with E-state index in [1.54, 1.807) is 11.0 Å². The summed E-state index contributed by atoms with van der Waals surface area (Å²) in [6, 6.07) is 9.29. The number of Topliss-reactive ketones (excluding diaryl/α,β-unsaturated/α-hetero) is 1. The Kier molecular flexibility index (Phi) is 6.07. The molecule has 1 fully saturated rings. The van der Waals surface area contributed by atoms with Crippen LogP contribution in [0.4, 0.5) is 5.69 Å². The molecule has 2 atom stereocenters. The Balaban J connectivity index is 2.16. The highest BCUT2D eigenvalue weighted by Gasteiger charge is 2.40. The maximum atomic E-state index is 12.6. The number of ketones is 1. The number of benzene rings is 1. The molecule has 1 aliphatic rings. The van der Waals surface area contributed by atoms with Crippen LogP contribution in [-0.2, 0) is 20.8 Å². The minimum absolute atomic E-state index is 0.0177. The van der Waals surface area contributed by atoms with Gasteiger partial charge in [-0.15, -0.1) is 6.58 Å². The van der Waals surface area contributed by atoms with Crippen molar-refractivity contribution in [1.82, 2.24) is 5.32 Å². The lowest BCUT2D eigenvalue weighted by Gasteiger charge is -2.20. The number of nitrogens with zero attached hydrogens (tertiary/aromatic N) is 2. The Bertz CT molecular complexity index is 736. The van der Waals surface area contributed by atoms with Crippen LogP contribution in [0.15, 0.2) is 36.9 Å². The van der Waals surface area contributed by atoms with Gasteiger partial charge in [0.25, 0.3) is 0 Å². The van der Waals surface area contributed by atoms with Gasteiger partial charge in [-0.2, -0.15) is 5.26 Å². The van der Waals surface area contributed by atoms with Crippen molar-refractivity contribution in [3.63, 3.8) is 0 Å². The Morgan fingerprint density at radius 3 is 2.84 bits per heavy atom. The quantitative estimate of drug-likeness (QED) is 0.604. The lowest BCUT2D eigenvalue weighted by atomic mass is 9.92. The fourth-order valence-corrected chi connectivity index (χ4v) is 2.97. The fraction of sp³-hybridized carbons (Fsp3) is 0.368. The van der Waals surface area contributed by atoms with Gasteiger partial charge < -0.3 is 10.2 Å². The van der Waals surface area contributed by atoms with Crippen LogP contribution in [0.25, 0.3) is 0 Å². The average Bonchev–Trinajstić information content (AvgIpc) is 3.02. The number of nitrogens with one attached hydrogen (secondary N) is 1. The number of amides is 2. The van der Waals surface area contributed by atoms with Crippen LogP contribution >= 0.6 is 0 Å². The van der Waals surface area contributed by atoms with Crippen molar-refractivity contribution in [3.05, 3.63) is 42.5 Å². The first kappa shape index (κ1) is 18.4. The van der Waals surface area contributed by atoms with Gasteiger partial charge >= 0.3 is 0 Å². The number of nitriles is 1. The van der Waals surface area contributed by atoms with Crippen LogP contribution < -0.4 is 10.2 Å². The molecule has 0 aliphatic carbocycles. The van der Waals surface area contributed by atoms with E-state index in [0.29, 0.717) is 0 Å². The standard InChI is InChI=1S/C19H21N3O3/c1-3-9-21-19(25)15(11-20)18(24)14-10-17(23)22(12-14)16-8-6-5-7-13(16)4-2/h3,5-8,14-15H,1,4,9-10,12H2,2H3,(H,21,25)/t14-,15-/m1/s1. The highest BCUT2D eigenvalue weighted by molar-refractivity contribution is 6.09. The summed E-state index contributed by atoms with van der Waals surface area (Å²) < 4.78 is 0. The molecule has 1 saturated heterocycles. The molecule has 6 heteroatoms. The van der Waals surface area contributed by atoms with E-state index < -0.39 is 23.5 Å². The third-order valence-electron chi connectivity index (χ3n) is 4.29. The van der Waals surface area contributed by atoms with Crippen molar-refractivity contribution < 1.29 is 14.4 Å². The summed E-state index contributed by atoms with van der Waals surface area (Å²) in [4.78, 5) is 38.5. The molecule has 25 heavy (non-hydrogen) atoms. The fourth-order valence-electron chi connectivity index (χ4n) is 2.97. The van der Waals surface area contributed by atoms with Crippen LogP contribution in [0.2, 0.25) is 0 Å². The van der Waals surface area contributed by atoms with E-state index in [1.165, 1.54) is 6.08 Å². The number of carbonyl (C=O) groups is 3. The summed E-state index contributed by atoms with van der Waals surface area (Å²) in [5.74, 6) is -3.38. The van der Waals surface area contributed by atoms with E-state index in [1.807, 2.05) is 31.2 Å². The molecule has 0 bridgehead atoms. The molecular weight excluding hydrogens is 318 g/mol. The normalized spacial score (nSPS) is 17.7. The van der Waals surface area contributed by atoms with Crippen molar-refractivity contribution in [2.24, 2.45) is 11.8 Å². The molecule has 130 valence electrons. The summed E-state index contributed by atoms with van der Waals surface area (Å²) in [5.41, 5.74) is 1.81. The lowest BCUT2D eigenvalue weighted by molar-refractivity contribution is -0.134. The summed E-state index contributed by atoms with van der Waals surface area (Å²) >= 11 is 0. The summed E-state index contributed by atoms with van der Waals surface area (Å²) in [6.07, 6.45) is 2.26. The Hall–Kier alpha value is -2.94. The van der Waals surface area contributed by atoms with E-state index >= 15 is 0 Å². The number of carbonyl (C=O) groups excluding carboxylic acids is 3. The minimum atomic E-state index is -1.40. The molecule has 1 N–H and O–H groups in total. The SMILES string of the molecule is C=CCNC(=O)[C@H](C#N)C(=O)[C@@H]1CC(=O)N(c2ccccc2CC)C1. The van der Waals surface area contributed by atoms with Crippen LogP contribution in [0.5, 0.6) is 0 Å². The first-order chi connectivity index (χ1) is 12.0. The van der Waals surface area contributed by atoms with Crippen molar-refractivity contribution in [1.29, 1.82) is 5.26 Å². The molecule has 0 spiro atoms. The number of anilines is 1. The molecule has 2 amide bonds. The third-order valence-corrected chi connectivity index (χ3v) is 4.29. The van der Waals surface area contributed by atoms with Gasteiger partial charge in [-0.1, -0.05) is 31.2 Å². The lowest BCUT2D eigenvalue weighted by Crippen LogP contribution is -2.38. The molecule has 0 radical (unpaired) electrons. The molecular formula is C19H21N3O3. The number of aryl methyl sites for hydroxylation is 1. The highest BCUT2D eigenvalue weighted by atomic mass is 16.2. The van der Waals surface area contributed by atoms with Crippen molar-refractivity contribution in [2.75, 3.05) is 18.0 Å². The number of rotatable bonds is 7. The highest BCUT2D eigenvalue weighted by Crippen LogP contribution is 2.30. The molecule has 2 rings (SSSR count). The molecule has 1 aliphatic heterocycles. The molecule has 1 aromatic carbocycles. The van der Waals surface area contributed by atoms with Gasteiger partial charge in [0.15, 0.2) is 11.7 Å². The Morgan fingerprint density at radius 2 is 2.20 bits per heavy atom. The molecule has 1 heterocycles. The van der Waals surface area contributed by atoms with Crippen LogP contribution in [0.3, 0.4) is 0 Å². The first-order valence-corrected chi connectivity index (χ1v) is 8.23. The average molecular weight is 339 g/mol. The minimum Gasteiger partial charge on any atom is -0.351 e. The molecule has 0 saturated carbocycles. The second-order valence-corrected chi connectivity index (χ2v) is 5.89. The maximum absolute atomic E-state index is 12.6. The topological polar surface area (TPSA) is 90.3 Å². The molecule has 0 aromatic heterocycles. The zero-order valence-corrected chi connectivity index (χ0v) is 14.2. The predicted molar refractivity (Wildman–Crippen MR) is 93.6 cm³/mol. The van der Waals surface area contributed by atoms with E-state index in [0.717, 1.165) is 17.7 Å². The zero-order chi connectivity index (χ0) is 18.4. The smallest absolute Gasteiger partial charge is 0.245 e. The molecule has 1 aromatic rings. The predicted octanol–water partition coefficient (Wildman–Crippen LogP) is 1.61. The van der Waals surface area contributed by atoms with Gasteiger partial charge in [-0.25, -0.2) is 0 Å². The van der Waals surface area contributed by atoms with Gasteiger partial charge in [0.1, 0.15) is 0 Å². The van der Waals surface area contributed by atoms with Crippen LogP contribution in [0.1, 0.15) is 18.9 Å². The van der Waals surface area contributed by atoms with E-state index in [9.17, 15) is 19.6 Å². The Labute approximate surface area is 147 Å². The summed E-state index contributed by atoms with van der Waals surface area (Å²) in [6.45, 7) is 5.85. The van der Waals surface area contributed by atoms with E-state index in [2.05, 4.69) is 11.9 Å². The summed E-state index contributed by atoms with van der Waals surface area (Å²) in [5, 5.41) is 11.7. The van der Waals surface area contributed by atoms with E-state index in [-0.39, 0.29) is 25.4 Å². The first-order valence-electron chi connectivity index (χ1n) is 8.23. The third kappa shape index (κ3) is 3.94. The van der Waals surface area contributed by atoms with Gasteiger partial charge in [0.05, 0.1) is 6.07 Å². The Morgan fingerprint density at radius 1 is 1.48 bits per heavy atom. The van der Waals surface area contributed by atoms with Gasteiger partial charge in [-0.05, 0) is 18.1 Å². The van der Waals surface area contributed by atoms with E-state index in [4.69, 9.17) is 0 Å². The second-order valence-electron chi connectivity index (χ2n) is 5.89. The van der Waals surface area contributed by atoms with Gasteiger partial charge in [0.2, 0.25) is 11.8 Å². The largest absolute Gasteiger partial charge is 0.351 e. The van der Waals surface area contributed by atoms with Gasteiger partial charge in [-0.3, -0.25) is 14.4 Å². The van der Waals surface area contributed by atoms with Crippen molar-refractivity contribution >= 4 is 23.3 Å². The maximum Gasteiger partial charge on any atom is 0.245 e. The number of hydrogen-bond donors (Lipinski definition) is 1. The van der Waals surface area contributed by atoms with Crippen LogP contribution in [0, 0.1) is 23.2 Å². The molecule has 0 unspecified atom stereocenters. The van der Waals surface area contributed by atoms with Gasteiger partial charge in [0, 0.05) is 31.1 Å². The van der Waals surface area contributed by atoms with Crippen molar-refractivity contribution in [2.45, 2.75) is 19.8 Å². The monoisotopic (exact) mass is 339 g/mol. The van der Waals surface area contributed by atoms with Crippen molar-refractivity contribution in [3.8, 4) is 6.07 Å². The zero-order valence-electron chi connectivity index (χ0n) is 14.2. The molecule has 6 nitrogen and oxygen atoms in total. The summed E-state index contributed by atoms with van der Waals surface area (Å²) in [7, 11) is 0. The second kappa shape index (κ2) is 8.25.